The van der Waals surface area contributed by atoms with Crippen LogP contribution in [0, 0.1) is 5.92 Å². The number of benzene rings is 1. The van der Waals surface area contributed by atoms with Crippen molar-refractivity contribution in [3.63, 3.8) is 0 Å². The van der Waals surface area contributed by atoms with Gasteiger partial charge in [-0.25, -0.2) is 0 Å². The van der Waals surface area contributed by atoms with Gasteiger partial charge in [0.05, 0.1) is 13.7 Å². The zero-order valence-corrected chi connectivity index (χ0v) is 11.4. The van der Waals surface area contributed by atoms with Crippen LogP contribution in [0.4, 0.5) is 0 Å². The Kier molecular flexibility index (Phi) is 5.02. The number of hydrogen-bond donors (Lipinski definition) is 1. The molecule has 0 amide bonds. The van der Waals surface area contributed by atoms with Crippen molar-refractivity contribution >= 4 is 0 Å². The van der Waals surface area contributed by atoms with Gasteiger partial charge in [0.25, 0.3) is 0 Å². The van der Waals surface area contributed by atoms with Gasteiger partial charge in [0, 0.05) is 7.11 Å². The van der Waals surface area contributed by atoms with E-state index in [1.165, 1.54) is 24.0 Å². The molecular formula is C15H23NO2. The average Bonchev–Trinajstić information content (AvgIpc) is 2.41. The second-order valence-electron chi connectivity index (χ2n) is 5.00. The lowest BCUT2D eigenvalue weighted by Crippen LogP contribution is -2.30. The maximum absolute atomic E-state index is 5.46. The Balaban J connectivity index is 2.09. The summed E-state index contributed by atoms with van der Waals surface area (Å²) in [6.45, 7) is 2.95. The molecule has 1 aromatic carbocycles. The van der Waals surface area contributed by atoms with E-state index in [-0.39, 0.29) is 0 Å². The molecule has 0 spiro atoms. The Morgan fingerprint density at radius 2 is 2.22 bits per heavy atom. The highest BCUT2D eigenvalue weighted by Gasteiger charge is 2.16. The molecule has 18 heavy (non-hydrogen) atoms. The molecule has 100 valence electrons. The van der Waals surface area contributed by atoms with Gasteiger partial charge in [-0.2, -0.15) is 0 Å². The van der Waals surface area contributed by atoms with Crippen molar-refractivity contribution < 1.29 is 9.47 Å². The Labute approximate surface area is 109 Å². The quantitative estimate of drug-likeness (QED) is 0.869. The molecule has 1 atom stereocenters. The van der Waals surface area contributed by atoms with Gasteiger partial charge in [-0.05, 0) is 61.5 Å². The van der Waals surface area contributed by atoms with E-state index in [1.54, 1.807) is 14.2 Å². The van der Waals surface area contributed by atoms with Crippen molar-refractivity contribution in [1.82, 2.24) is 5.32 Å². The third-order valence-electron chi connectivity index (χ3n) is 3.56. The Morgan fingerprint density at radius 3 is 2.89 bits per heavy atom. The number of methoxy groups -OCH3 is 2. The highest BCUT2D eigenvalue weighted by atomic mass is 16.5. The van der Waals surface area contributed by atoms with E-state index in [0.29, 0.717) is 6.61 Å². The largest absolute Gasteiger partial charge is 0.496 e. The van der Waals surface area contributed by atoms with Crippen molar-refractivity contribution in [3.05, 3.63) is 29.3 Å². The van der Waals surface area contributed by atoms with E-state index in [0.717, 1.165) is 31.2 Å². The van der Waals surface area contributed by atoms with Gasteiger partial charge >= 0.3 is 0 Å². The first-order valence-electron chi connectivity index (χ1n) is 6.69. The molecule has 3 heteroatoms. The molecule has 1 fully saturated rings. The Morgan fingerprint density at radius 1 is 1.33 bits per heavy atom. The van der Waals surface area contributed by atoms with E-state index < -0.39 is 0 Å². The lowest BCUT2D eigenvalue weighted by Gasteiger charge is -2.23. The van der Waals surface area contributed by atoms with E-state index in [9.17, 15) is 0 Å². The van der Waals surface area contributed by atoms with Crippen LogP contribution < -0.4 is 10.1 Å². The summed E-state index contributed by atoms with van der Waals surface area (Å²) in [5.74, 6) is 1.73. The molecule has 0 bridgehead atoms. The highest BCUT2D eigenvalue weighted by Crippen LogP contribution is 2.25. The van der Waals surface area contributed by atoms with Crippen LogP contribution in [-0.4, -0.2) is 27.3 Å². The van der Waals surface area contributed by atoms with E-state index in [2.05, 4.69) is 23.5 Å². The van der Waals surface area contributed by atoms with Crippen LogP contribution in [0.3, 0.4) is 0 Å². The summed E-state index contributed by atoms with van der Waals surface area (Å²) in [4.78, 5) is 0. The first kappa shape index (κ1) is 13.4. The third kappa shape index (κ3) is 3.47. The molecule has 1 heterocycles. The topological polar surface area (TPSA) is 30.5 Å². The van der Waals surface area contributed by atoms with Gasteiger partial charge in [-0.15, -0.1) is 0 Å². The smallest absolute Gasteiger partial charge is 0.122 e. The first-order chi connectivity index (χ1) is 8.83. The maximum atomic E-state index is 5.46. The molecule has 1 unspecified atom stereocenters. The molecule has 0 radical (unpaired) electrons. The monoisotopic (exact) mass is 249 g/mol. The van der Waals surface area contributed by atoms with Crippen molar-refractivity contribution in [2.24, 2.45) is 5.92 Å². The van der Waals surface area contributed by atoms with Gasteiger partial charge in [-0.1, -0.05) is 6.07 Å². The van der Waals surface area contributed by atoms with Gasteiger partial charge in [-0.3, -0.25) is 0 Å². The minimum Gasteiger partial charge on any atom is -0.496 e. The molecule has 0 aromatic heterocycles. The normalized spacial score (nSPS) is 19.8. The number of piperidine rings is 1. The second-order valence-corrected chi connectivity index (χ2v) is 5.00. The summed E-state index contributed by atoms with van der Waals surface area (Å²) < 4.78 is 10.7. The fourth-order valence-electron chi connectivity index (χ4n) is 2.66. The SMILES string of the molecule is COCc1ccc(OC)c(CC2CCCNC2)c1. The number of rotatable bonds is 5. The fourth-order valence-corrected chi connectivity index (χ4v) is 2.66. The van der Waals surface area contributed by atoms with Crippen LogP contribution >= 0.6 is 0 Å². The number of nitrogens with one attached hydrogen (secondary N) is 1. The Hall–Kier alpha value is -1.06. The average molecular weight is 249 g/mol. The van der Waals surface area contributed by atoms with Crippen LogP contribution in [0.15, 0.2) is 18.2 Å². The molecule has 1 N–H and O–H groups in total. The summed E-state index contributed by atoms with van der Waals surface area (Å²) in [7, 11) is 3.48. The van der Waals surface area contributed by atoms with E-state index in [4.69, 9.17) is 9.47 Å². The van der Waals surface area contributed by atoms with E-state index >= 15 is 0 Å². The highest BCUT2D eigenvalue weighted by molar-refractivity contribution is 5.37. The van der Waals surface area contributed by atoms with Gasteiger partial charge in [0.1, 0.15) is 5.75 Å². The molecule has 1 saturated heterocycles. The molecule has 0 aliphatic carbocycles. The van der Waals surface area contributed by atoms with Crippen LogP contribution in [0.2, 0.25) is 0 Å². The number of hydrogen-bond acceptors (Lipinski definition) is 3. The summed E-state index contributed by atoms with van der Waals surface area (Å²) in [6, 6.07) is 6.35. The summed E-state index contributed by atoms with van der Waals surface area (Å²) in [5, 5.41) is 3.47. The summed E-state index contributed by atoms with van der Waals surface area (Å²) in [5.41, 5.74) is 2.53. The minimum atomic E-state index is 0.667. The standard InChI is InChI=1S/C15H23NO2/c1-17-11-13-5-6-15(18-2)14(9-13)8-12-4-3-7-16-10-12/h5-6,9,12,16H,3-4,7-8,10-11H2,1-2H3. The first-order valence-corrected chi connectivity index (χ1v) is 6.69. The van der Waals surface area contributed by atoms with E-state index in [1.807, 2.05) is 0 Å². The fraction of sp³-hybridized carbons (Fsp3) is 0.600. The summed E-state index contributed by atoms with van der Waals surface area (Å²) >= 11 is 0. The second kappa shape index (κ2) is 6.76. The zero-order chi connectivity index (χ0) is 12.8. The predicted octanol–water partition coefficient (Wildman–Crippen LogP) is 2.38. The van der Waals surface area contributed by atoms with Gasteiger partial charge < -0.3 is 14.8 Å². The lowest BCUT2D eigenvalue weighted by atomic mass is 9.91. The predicted molar refractivity (Wildman–Crippen MR) is 73.0 cm³/mol. The summed E-state index contributed by atoms with van der Waals surface area (Å²) in [6.07, 6.45) is 3.68. The Bertz CT molecular complexity index is 373. The molecule has 3 nitrogen and oxygen atoms in total. The van der Waals surface area contributed by atoms with Gasteiger partial charge in [0.15, 0.2) is 0 Å². The molecule has 2 rings (SSSR count). The van der Waals surface area contributed by atoms with Crippen LogP contribution in [0.1, 0.15) is 24.0 Å². The number of ether oxygens (including phenoxy) is 2. The van der Waals surface area contributed by atoms with Crippen LogP contribution in [0.25, 0.3) is 0 Å². The molecule has 1 aromatic rings. The zero-order valence-electron chi connectivity index (χ0n) is 11.4. The molecule has 1 aliphatic rings. The van der Waals surface area contributed by atoms with Crippen LogP contribution in [-0.2, 0) is 17.8 Å². The lowest BCUT2D eigenvalue weighted by molar-refractivity contribution is 0.184. The van der Waals surface area contributed by atoms with Crippen molar-refractivity contribution in [2.75, 3.05) is 27.3 Å². The molecule has 0 saturated carbocycles. The van der Waals surface area contributed by atoms with Crippen molar-refractivity contribution in [1.29, 1.82) is 0 Å². The van der Waals surface area contributed by atoms with Crippen LogP contribution in [0.5, 0.6) is 5.75 Å². The molecular weight excluding hydrogens is 226 g/mol. The molecule has 1 aliphatic heterocycles. The van der Waals surface area contributed by atoms with Crippen molar-refractivity contribution in [2.45, 2.75) is 25.9 Å². The maximum Gasteiger partial charge on any atom is 0.122 e. The minimum absolute atomic E-state index is 0.667. The van der Waals surface area contributed by atoms with Gasteiger partial charge in [0.2, 0.25) is 0 Å². The third-order valence-corrected chi connectivity index (χ3v) is 3.56. The van der Waals surface area contributed by atoms with Crippen molar-refractivity contribution in [3.8, 4) is 5.75 Å².